The highest BCUT2D eigenvalue weighted by atomic mass is 16.5. The molecule has 5 nitrogen and oxygen atoms in total. The van der Waals surface area contributed by atoms with Gasteiger partial charge >= 0.3 is 6.03 Å². The van der Waals surface area contributed by atoms with E-state index < -0.39 is 0 Å². The van der Waals surface area contributed by atoms with Crippen molar-refractivity contribution in [3.05, 3.63) is 29.8 Å². The van der Waals surface area contributed by atoms with E-state index >= 15 is 0 Å². The molecule has 0 bridgehead atoms. The first kappa shape index (κ1) is 16.3. The summed E-state index contributed by atoms with van der Waals surface area (Å²) in [5.41, 5.74) is 1.06. The summed E-state index contributed by atoms with van der Waals surface area (Å²) in [5, 5.41) is 2.87. The molecule has 0 aliphatic carbocycles. The van der Waals surface area contributed by atoms with Crippen molar-refractivity contribution >= 4 is 6.03 Å². The normalized spacial score (nSPS) is 11.8. The molecular weight excluding hydrogens is 256 g/mol. The predicted molar refractivity (Wildman–Crippen MR) is 78.9 cm³/mol. The second-order valence-electron chi connectivity index (χ2n) is 4.74. The largest absolute Gasteiger partial charge is 0.494 e. The van der Waals surface area contributed by atoms with E-state index in [9.17, 15) is 4.79 Å². The molecule has 5 heteroatoms. The first-order valence-corrected chi connectivity index (χ1v) is 6.79. The van der Waals surface area contributed by atoms with E-state index in [1.807, 2.05) is 38.1 Å². The van der Waals surface area contributed by atoms with E-state index in [1.54, 1.807) is 19.1 Å². The number of ether oxygens (including phenoxy) is 2. The number of carbonyl (C=O) groups is 1. The number of urea groups is 1. The van der Waals surface area contributed by atoms with Crippen molar-refractivity contribution in [2.24, 2.45) is 0 Å². The quantitative estimate of drug-likeness (QED) is 0.833. The Hall–Kier alpha value is -1.75. The van der Waals surface area contributed by atoms with Gasteiger partial charge in [-0.1, -0.05) is 12.1 Å². The highest BCUT2D eigenvalue weighted by Gasteiger charge is 2.12. The van der Waals surface area contributed by atoms with Crippen LogP contribution < -0.4 is 10.1 Å². The zero-order chi connectivity index (χ0) is 15.0. The van der Waals surface area contributed by atoms with E-state index in [2.05, 4.69) is 5.32 Å². The molecule has 1 atom stereocenters. The monoisotopic (exact) mass is 280 g/mol. The van der Waals surface area contributed by atoms with Crippen molar-refractivity contribution in [1.29, 1.82) is 0 Å². The first-order valence-electron chi connectivity index (χ1n) is 6.79. The topological polar surface area (TPSA) is 50.8 Å². The number of hydrogen-bond acceptors (Lipinski definition) is 3. The summed E-state index contributed by atoms with van der Waals surface area (Å²) in [7, 11) is 3.39. The van der Waals surface area contributed by atoms with Gasteiger partial charge in [-0.2, -0.15) is 0 Å². The van der Waals surface area contributed by atoms with Crippen molar-refractivity contribution in [2.45, 2.75) is 26.4 Å². The summed E-state index contributed by atoms with van der Waals surface area (Å²) in [5.74, 6) is 0.845. The van der Waals surface area contributed by atoms with Gasteiger partial charge in [0.1, 0.15) is 5.75 Å². The third kappa shape index (κ3) is 5.48. The summed E-state index contributed by atoms with van der Waals surface area (Å²) in [6.45, 7) is 5.57. The molecule has 0 aliphatic heterocycles. The molecule has 112 valence electrons. The number of nitrogens with one attached hydrogen (secondary N) is 1. The van der Waals surface area contributed by atoms with Crippen LogP contribution in [0.3, 0.4) is 0 Å². The van der Waals surface area contributed by atoms with Crippen LogP contribution in [0.5, 0.6) is 5.75 Å². The maximum Gasteiger partial charge on any atom is 0.317 e. The number of carbonyl (C=O) groups excluding carboxylic acids is 1. The van der Waals surface area contributed by atoms with E-state index in [1.165, 1.54) is 0 Å². The van der Waals surface area contributed by atoms with Gasteiger partial charge in [0.25, 0.3) is 0 Å². The summed E-state index contributed by atoms with van der Waals surface area (Å²) in [6, 6.07) is 7.65. The zero-order valence-electron chi connectivity index (χ0n) is 12.7. The fourth-order valence-electron chi connectivity index (χ4n) is 1.82. The van der Waals surface area contributed by atoms with Crippen molar-refractivity contribution < 1.29 is 14.3 Å². The third-order valence-corrected chi connectivity index (χ3v) is 2.79. The Morgan fingerprint density at radius 2 is 2.00 bits per heavy atom. The molecule has 1 rings (SSSR count). The second kappa shape index (κ2) is 8.43. The lowest BCUT2D eigenvalue weighted by Gasteiger charge is -2.21. The Balaban J connectivity index is 2.48. The van der Waals surface area contributed by atoms with Crippen LogP contribution >= 0.6 is 0 Å². The number of methoxy groups -OCH3 is 1. The molecule has 1 N–H and O–H groups in total. The van der Waals surface area contributed by atoms with Crippen molar-refractivity contribution in [3.8, 4) is 5.75 Å². The number of hydrogen-bond donors (Lipinski definition) is 1. The van der Waals surface area contributed by atoms with Gasteiger partial charge in [0.05, 0.1) is 19.3 Å². The minimum absolute atomic E-state index is 0.00437. The third-order valence-electron chi connectivity index (χ3n) is 2.79. The predicted octanol–water partition coefficient (Wildman–Crippen LogP) is 2.26. The first-order chi connectivity index (χ1) is 9.56. The Morgan fingerprint density at radius 3 is 2.55 bits per heavy atom. The molecule has 0 radical (unpaired) electrons. The molecule has 1 aromatic rings. The molecule has 0 heterocycles. The van der Waals surface area contributed by atoms with Gasteiger partial charge in [-0.05, 0) is 31.5 Å². The van der Waals surface area contributed by atoms with Crippen LogP contribution in [0.4, 0.5) is 4.79 Å². The van der Waals surface area contributed by atoms with Crippen LogP contribution in [-0.4, -0.2) is 44.3 Å². The fourth-order valence-corrected chi connectivity index (χ4v) is 1.82. The van der Waals surface area contributed by atoms with E-state index in [0.29, 0.717) is 19.8 Å². The van der Waals surface area contributed by atoms with Crippen LogP contribution in [0.2, 0.25) is 0 Å². The van der Waals surface area contributed by atoms with Crippen LogP contribution in [-0.2, 0) is 11.3 Å². The Bertz CT molecular complexity index is 406. The van der Waals surface area contributed by atoms with Crippen molar-refractivity contribution in [3.63, 3.8) is 0 Å². The Labute approximate surface area is 120 Å². The van der Waals surface area contributed by atoms with Gasteiger partial charge < -0.3 is 19.7 Å². The second-order valence-corrected chi connectivity index (χ2v) is 4.74. The number of nitrogens with zero attached hydrogens (tertiary/aromatic N) is 1. The molecule has 2 amide bonds. The van der Waals surface area contributed by atoms with Crippen molar-refractivity contribution in [1.82, 2.24) is 10.2 Å². The van der Waals surface area contributed by atoms with Gasteiger partial charge in [0.15, 0.2) is 0 Å². The Kier molecular flexibility index (Phi) is 6.87. The number of amides is 2. The summed E-state index contributed by atoms with van der Waals surface area (Å²) < 4.78 is 10.4. The molecular formula is C15H24N2O3. The number of rotatable bonds is 7. The SMILES string of the molecule is CCOc1ccc(CN(C)C(=O)NC(C)COC)cc1. The van der Waals surface area contributed by atoms with Crippen LogP contribution in [0.15, 0.2) is 24.3 Å². The van der Waals surface area contributed by atoms with E-state index in [4.69, 9.17) is 9.47 Å². The van der Waals surface area contributed by atoms with Crippen LogP contribution in [0, 0.1) is 0 Å². The van der Waals surface area contributed by atoms with Crippen molar-refractivity contribution in [2.75, 3.05) is 27.4 Å². The van der Waals surface area contributed by atoms with Crippen LogP contribution in [0.1, 0.15) is 19.4 Å². The average molecular weight is 280 g/mol. The molecule has 1 unspecified atom stereocenters. The van der Waals surface area contributed by atoms with E-state index in [-0.39, 0.29) is 12.1 Å². The van der Waals surface area contributed by atoms with Gasteiger partial charge in [-0.15, -0.1) is 0 Å². The van der Waals surface area contributed by atoms with Gasteiger partial charge in [0, 0.05) is 20.7 Å². The Morgan fingerprint density at radius 1 is 1.35 bits per heavy atom. The molecule has 0 saturated heterocycles. The minimum Gasteiger partial charge on any atom is -0.494 e. The molecule has 0 aliphatic rings. The molecule has 0 fully saturated rings. The van der Waals surface area contributed by atoms with E-state index in [0.717, 1.165) is 11.3 Å². The van der Waals surface area contributed by atoms with Gasteiger partial charge in [0.2, 0.25) is 0 Å². The molecule has 1 aromatic carbocycles. The smallest absolute Gasteiger partial charge is 0.317 e. The van der Waals surface area contributed by atoms with Gasteiger partial charge in [-0.3, -0.25) is 0 Å². The standard InChI is InChI=1S/C15H24N2O3/c1-5-20-14-8-6-13(7-9-14)10-17(3)15(18)16-12(2)11-19-4/h6-9,12H,5,10-11H2,1-4H3,(H,16,18). The minimum atomic E-state index is -0.108. The maximum atomic E-state index is 11.9. The maximum absolute atomic E-state index is 11.9. The summed E-state index contributed by atoms with van der Waals surface area (Å²) in [4.78, 5) is 13.6. The highest BCUT2D eigenvalue weighted by Crippen LogP contribution is 2.13. The summed E-state index contributed by atoms with van der Waals surface area (Å²) >= 11 is 0. The average Bonchev–Trinajstić information content (AvgIpc) is 2.41. The molecule has 20 heavy (non-hydrogen) atoms. The highest BCUT2D eigenvalue weighted by molar-refractivity contribution is 5.74. The molecule has 0 aromatic heterocycles. The molecule has 0 saturated carbocycles. The van der Waals surface area contributed by atoms with Crippen LogP contribution in [0.25, 0.3) is 0 Å². The lowest BCUT2D eigenvalue weighted by molar-refractivity contribution is 0.162. The lowest BCUT2D eigenvalue weighted by Crippen LogP contribution is -2.43. The lowest BCUT2D eigenvalue weighted by atomic mass is 10.2. The van der Waals surface area contributed by atoms with Gasteiger partial charge in [-0.25, -0.2) is 4.79 Å². The zero-order valence-corrected chi connectivity index (χ0v) is 12.7. The number of benzene rings is 1. The molecule has 0 spiro atoms. The fraction of sp³-hybridized carbons (Fsp3) is 0.533. The summed E-state index contributed by atoms with van der Waals surface area (Å²) in [6.07, 6.45) is 0.